The van der Waals surface area contributed by atoms with Crippen LogP contribution in [0.1, 0.15) is 16.2 Å². The Labute approximate surface area is 151 Å². The van der Waals surface area contributed by atoms with Gasteiger partial charge in [-0.3, -0.25) is 24.9 Å². The lowest BCUT2D eigenvalue weighted by Gasteiger charge is -2.10. The number of rotatable bonds is 3. The molecule has 126 valence electrons. The monoisotopic (exact) mass is 387 g/mol. The summed E-state index contributed by atoms with van der Waals surface area (Å²) in [5, 5.41) is 20.3. The molecule has 0 aliphatic heterocycles. The van der Waals surface area contributed by atoms with Crippen LogP contribution in [0.3, 0.4) is 0 Å². The Bertz CT molecular complexity index is 852. The number of nitrogens with one attached hydrogen (secondary N) is 2. The molecule has 11 heteroatoms. The van der Waals surface area contributed by atoms with Crippen molar-refractivity contribution in [1.82, 2.24) is 15.1 Å². The Morgan fingerprint density at radius 2 is 2.08 bits per heavy atom. The van der Waals surface area contributed by atoms with Gasteiger partial charge in [-0.15, -0.1) is 0 Å². The summed E-state index contributed by atoms with van der Waals surface area (Å²) in [5.74, 6) is -0.586. The van der Waals surface area contributed by atoms with Gasteiger partial charge in [-0.05, 0) is 31.3 Å². The molecule has 2 N–H and O–H groups in total. The van der Waals surface area contributed by atoms with Crippen LogP contribution >= 0.6 is 35.4 Å². The normalized spacial score (nSPS) is 10.3. The molecule has 1 aromatic heterocycles. The smallest absolute Gasteiger partial charge is 0.294 e. The highest BCUT2D eigenvalue weighted by Crippen LogP contribution is 2.27. The maximum absolute atomic E-state index is 12.2. The number of hydrogen-bond donors (Lipinski definition) is 2. The van der Waals surface area contributed by atoms with Crippen molar-refractivity contribution in [2.24, 2.45) is 7.05 Å². The van der Waals surface area contributed by atoms with Gasteiger partial charge >= 0.3 is 0 Å². The van der Waals surface area contributed by atoms with Crippen LogP contribution in [0.5, 0.6) is 0 Å². The first-order valence-electron chi connectivity index (χ1n) is 6.46. The topological polar surface area (TPSA) is 102 Å². The van der Waals surface area contributed by atoms with Gasteiger partial charge < -0.3 is 5.32 Å². The molecule has 2 aromatic rings. The van der Waals surface area contributed by atoms with Crippen LogP contribution in [-0.4, -0.2) is 25.7 Å². The highest BCUT2D eigenvalue weighted by molar-refractivity contribution is 7.80. The standard InChI is InChI=1S/C13H11Cl2N5O3S/c1-6-10(15)11(19(2)18-6)12(21)17-13(24)16-8-4-3-7(14)5-9(8)20(22)23/h3-5H,1-2H3,(H2,16,17,21,24). The number of carbonyl (C=O) groups is 1. The van der Waals surface area contributed by atoms with Crippen LogP contribution in [0, 0.1) is 17.0 Å². The van der Waals surface area contributed by atoms with Crippen LogP contribution in [0.2, 0.25) is 10.0 Å². The molecule has 0 unspecified atom stereocenters. The molecular weight excluding hydrogens is 377 g/mol. The van der Waals surface area contributed by atoms with Crippen LogP contribution in [0.4, 0.5) is 11.4 Å². The second-order valence-electron chi connectivity index (χ2n) is 4.70. The van der Waals surface area contributed by atoms with Crippen molar-refractivity contribution >= 4 is 57.8 Å². The molecule has 1 heterocycles. The highest BCUT2D eigenvalue weighted by Gasteiger charge is 2.21. The molecule has 1 amide bonds. The Morgan fingerprint density at radius 3 is 2.62 bits per heavy atom. The Kier molecular flexibility index (Phi) is 5.37. The average Bonchev–Trinajstić information content (AvgIpc) is 2.73. The van der Waals surface area contributed by atoms with E-state index in [-0.39, 0.29) is 32.2 Å². The van der Waals surface area contributed by atoms with Crippen LogP contribution < -0.4 is 10.6 Å². The van der Waals surface area contributed by atoms with E-state index >= 15 is 0 Å². The zero-order chi connectivity index (χ0) is 18.0. The number of nitrogens with zero attached hydrogens (tertiary/aromatic N) is 3. The third kappa shape index (κ3) is 3.81. The van der Waals surface area contributed by atoms with Crippen molar-refractivity contribution in [2.45, 2.75) is 6.92 Å². The summed E-state index contributed by atoms with van der Waals surface area (Å²) >= 11 is 16.8. The number of anilines is 1. The maximum atomic E-state index is 12.2. The summed E-state index contributed by atoms with van der Waals surface area (Å²) in [7, 11) is 1.56. The summed E-state index contributed by atoms with van der Waals surface area (Å²) < 4.78 is 1.32. The summed E-state index contributed by atoms with van der Waals surface area (Å²) in [4.78, 5) is 22.7. The van der Waals surface area contributed by atoms with Crippen molar-refractivity contribution in [3.8, 4) is 0 Å². The number of benzene rings is 1. The van der Waals surface area contributed by atoms with Gasteiger partial charge in [0.1, 0.15) is 11.4 Å². The number of amides is 1. The third-order valence-corrected chi connectivity index (χ3v) is 3.89. The lowest BCUT2D eigenvalue weighted by molar-refractivity contribution is -0.383. The fraction of sp³-hybridized carbons (Fsp3) is 0.154. The minimum absolute atomic E-state index is 0.0991. The van der Waals surface area contributed by atoms with Gasteiger partial charge in [0, 0.05) is 18.1 Å². The third-order valence-electron chi connectivity index (χ3n) is 3.00. The fourth-order valence-corrected chi connectivity index (χ4v) is 2.57. The van der Waals surface area contributed by atoms with Gasteiger partial charge in [-0.25, -0.2) is 0 Å². The van der Waals surface area contributed by atoms with Gasteiger partial charge in [-0.2, -0.15) is 5.10 Å². The van der Waals surface area contributed by atoms with E-state index in [2.05, 4.69) is 15.7 Å². The lowest BCUT2D eigenvalue weighted by Crippen LogP contribution is -2.35. The van der Waals surface area contributed by atoms with E-state index in [4.69, 9.17) is 35.4 Å². The predicted octanol–water partition coefficient (Wildman–Crippen LogP) is 3.07. The Hall–Kier alpha value is -2.23. The van der Waals surface area contributed by atoms with Gasteiger partial charge in [-0.1, -0.05) is 23.2 Å². The van der Waals surface area contributed by atoms with Crippen LogP contribution in [0.25, 0.3) is 0 Å². The molecule has 0 spiro atoms. The van der Waals surface area contributed by atoms with Crippen molar-refractivity contribution in [2.75, 3.05) is 5.32 Å². The van der Waals surface area contributed by atoms with E-state index in [1.807, 2.05) is 0 Å². The van der Waals surface area contributed by atoms with Crippen molar-refractivity contribution in [1.29, 1.82) is 0 Å². The van der Waals surface area contributed by atoms with E-state index in [9.17, 15) is 14.9 Å². The van der Waals surface area contributed by atoms with E-state index in [0.29, 0.717) is 5.69 Å². The molecule has 0 bridgehead atoms. The molecule has 0 saturated carbocycles. The molecule has 0 fully saturated rings. The second kappa shape index (κ2) is 7.12. The summed E-state index contributed by atoms with van der Waals surface area (Å²) in [6.45, 7) is 1.66. The predicted molar refractivity (Wildman–Crippen MR) is 94.7 cm³/mol. The molecular formula is C13H11Cl2N5O3S. The first-order chi connectivity index (χ1) is 11.2. The van der Waals surface area contributed by atoms with Crippen molar-refractivity contribution < 1.29 is 9.72 Å². The Balaban J connectivity index is 2.17. The van der Waals surface area contributed by atoms with Gasteiger partial charge in [0.2, 0.25) is 0 Å². The number of aromatic nitrogens is 2. The number of hydrogen-bond acceptors (Lipinski definition) is 5. The minimum Gasteiger partial charge on any atom is -0.327 e. The van der Waals surface area contributed by atoms with Crippen LogP contribution in [-0.2, 0) is 7.05 Å². The van der Waals surface area contributed by atoms with Gasteiger partial charge in [0.15, 0.2) is 5.11 Å². The number of aryl methyl sites for hydroxylation is 2. The molecule has 24 heavy (non-hydrogen) atoms. The molecule has 0 aliphatic carbocycles. The average molecular weight is 388 g/mol. The van der Waals surface area contributed by atoms with E-state index in [1.165, 1.54) is 22.9 Å². The van der Waals surface area contributed by atoms with Gasteiger partial charge in [0.05, 0.1) is 15.6 Å². The molecule has 8 nitrogen and oxygen atoms in total. The molecule has 0 radical (unpaired) electrons. The van der Waals surface area contributed by atoms with E-state index in [1.54, 1.807) is 14.0 Å². The molecule has 0 aliphatic rings. The van der Waals surface area contributed by atoms with Crippen LogP contribution in [0.15, 0.2) is 18.2 Å². The maximum Gasteiger partial charge on any atom is 0.294 e. The fourth-order valence-electron chi connectivity index (χ4n) is 1.96. The summed E-state index contributed by atoms with van der Waals surface area (Å²) in [5.41, 5.74) is 0.455. The van der Waals surface area contributed by atoms with E-state index < -0.39 is 10.8 Å². The SMILES string of the molecule is Cc1nn(C)c(C(=O)NC(=S)Nc2ccc(Cl)cc2[N+](=O)[O-])c1Cl. The first-order valence-corrected chi connectivity index (χ1v) is 7.62. The molecule has 2 rings (SSSR count). The lowest BCUT2D eigenvalue weighted by atomic mass is 10.2. The zero-order valence-electron chi connectivity index (χ0n) is 12.5. The number of carbonyl (C=O) groups excluding carboxylic acids is 1. The first kappa shape index (κ1) is 18.1. The summed E-state index contributed by atoms with van der Waals surface area (Å²) in [6, 6.07) is 4.03. The molecule has 0 atom stereocenters. The highest BCUT2D eigenvalue weighted by atomic mass is 35.5. The Morgan fingerprint density at radius 1 is 1.42 bits per heavy atom. The number of thiocarbonyl (C=S) groups is 1. The van der Waals surface area contributed by atoms with Gasteiger partial charge in [0.25, 0.3) is 11.6 Å². The second-order valence-corrected chi connectivity index (χ2v) is 5.92. The largest absolute Gasteiger partial charge is 0.327 e. The number of nitro benzene ring substituents is 1. The zero-order valence-corrected chi connectivity index (χ0v) is 14.8. The number of halogens is 2. The van der Waals surface area contributed by atoms with E-state index in [0.717, 1.165) is 0 Å². The van der Waals surface area contributed by atoms with Crippen molar-refractivity contribution in [3.63, 3.8) is 0 Å². The summed E-state index contributed by atoms with van der Waals surface area (Å²) in [6.07, 6.45) is 0. The minimum atomic E-state index is -0.611. The number of nitro groups is 1. The molecule has 1 aromatic carbocycles. The quantitative estimate of drug-likeness (QED) is 0.476. The molecule has 0 saturated heterocycles. The van der Waals surface area contributed by atoms with Crippen molar-refractivity contribution in [3.05, 3.63) is 49.7 Å².